The topological polar surface area (TPSA) is 62.7 Å². The summed E-state index contributed by atoms with van der Waals surface area (Å²) >= 11 is 0. The zero-order chi connectivity index (χ0) is 13.0. The van der Waals surface area contributed by atoms with Crippen LogP contribution in [0.4, 0.5) is 5.69 Å². The Morgan fingerprint density at radius 1 is 1.33 bits per heavy atom. The van der Waals surface area contributed by atoms with Crippen LogP contribution >= 0.6 is 0 Å². The summed E-state index contributed by atoms with van der Waals surface area (Å²) in [5, 5.41) is 9.48. The quantitative estimate of drug-likeness (QED) is 0.835. The van der Waals surface area contributed by atoms with Gasteiger partial charge in [0, 0.05) is 18.1 Å². The van der Waals surface area contributed by atoms with Crippen molar-refractivity contribution in [2.75, 3.05) is 5.73 Å². The Kier molecular flexibility index (Phi) is 3.29. The number of rotatable bonds is 3. The molecule has 0 aliphatic rings. The third-order valence-corrected chi connectivity index (χ3v) is 3.05. The average Bonchev–Trinajstić information content (AvgIpc) is 2.40. The highest BCUT2D eigenvalue weighted by atomic mass is 14.6. The molecule has 0 aliphatic heterocycles. The van der Waals surface area contributed by atoms with Crippen molar-refractivity contribution in [2.45, 2.75) is 18.8 Å². The van der Waals surface area contributed by atoms with Crippen LogP contribution in [0.15, 0.2) is 48.8 Å². The first-order valence-corrected chi connectivity index (χ1v) is 5.80. The van der Waals surface area contributed by atoms with E-state index in [1.165, 1.54) is 0 Å². The highest BCUT2D eigenvalue weighted by Crippen LogP contribution is 2.28. The number of pyridine rings is 1. The summed E-state index contributed by atoms with van der Waals surface area (Å²) in [6.45, 7) is 1.93. The first kappa shape index (κ1) is 12.1. The molecule has 18 heavy (non-hydrogen) atoms. The largest absolute Gasteiger partial charge is 0.399 e. The van der Waals surface area contributed by atoms with E-state index >= 15 is 0 Å². The smallest absolute Gasteiger partial charge is 0.0835 e. The summed E-state index contributed by atoms with van der Waals surface area (Å²) in [5.74, 6) is 0. The van der Waals surface area contributed by atoms with E-state index in [0.29, 0.717) is 12.1 Å². The molecule has 3 nitrogen and oxygen atoms in total. The van der Waals surface area contributed by atoms with Gasteiger partial charge >= 0.3 is 0 Å². The number of hydrogen-bond donors (Lipinski definition) is 1. The Hall–Kier alpha value is -2.34. The van der Waals surface area contributed by atoms with E-state index in [0.717, 1.165) is 11.1 Å². The van der Waals surface area contributed by atoms with E-state index in [1.807, 2.05) is 43.3 Å². The van der Waals surface area contributed by atoms with Crippen LogP contribution in [-0.4, -0.2) is 4.98 Å². The van der Waals surface area contributed by atoms with Crippen LogP contribution in [0.1, 0.15) is 18.1 Å². The van der Waals surface area contributed by atoms with Gasteiger partial charge in [-0.1, -0.05) is 18.2 Å². The van der Waals surface area contributed by atoms with Crippen molar-refractivity contribution >= 4 is 5.69 Å². The number of nitrogens with two attached hydrogens (primary N) is 1. The zero-order valence-corrected chi connectivity index (χ0v) is 10.3. The second-order valence-corrected chi connectivity index (χ2v) is 4.61. The Morgan fingerprint density at radius 3 is 2.78 bits per heavy atom. The number of benzene rings is 1. The predicted molar refractivity (Wildman–Crippen MR) is 71.8 cm³/mol. The predicted octanol–water partition coefficient (Wildman–Crippen LogP) is 2.69. The third kappa shape index (κ3) is 2.49. The summed E-state index contributed by atoms with van der Waals surface area (Å²) in [6, 6.07) is 13.8. The van der Waals surface area contributed by atoms with Gasteiger partial charge in [-0.15, -0.1) is 0 Å². The van der Waals surface area contributed by atoms with Crippen LogP contribution < -0.4 is 5.73 Å². The second-order valence-electron chi connectivity index (χ2n) is 4.61. The minimum absolute atomic E-state index is 0.585. The lowest BCUT2D eigenvalue weighted by molar-refractivity contribution is 0.605. The van der Waals surface area contributed by atoms with Crippen molar-refractivity contribution < 1.29 is 0 Å². The minimum atomic E-state index is -0.585. The first-order valence-electron chi connectivity index (χ1n) is 5.80. The van der Waals surface area contributed by atoms with Gasteiger partial charge in [0.2, 0.25) is 0 Å². The molecule has 0 radical (unpaired) electrons. The number of nitrogen functional groups attached to an aromatic ring is 1. The van der Waals surface area contributed by atoms with Crippen molar-refractivity contribution in [1.82, 2.24) is 4.98 Å². The lowest BCUT2D eigenvalue weighted by atomic mass is 9.79. The SMILES string of the molecule is CC(C#N)(Cc1cccnc1)c1cccc(N)c1. The molecule has 2 N–H and O–H groups in total. The van der Waals surface area contributed by atoms with Gasteiger partial charge < -0.3 is 5.73 Å². The van der Waals surface area contributed by atoms with Crippen LogP contribution in [0.3, 0.4) is 0 Å². The summed E-state index contributed by atoms with van der Waals surface area (Å²) < 4.78 is 0. The molecule has 1 aromatic carbocycles. The van der Waals surface area contributed by atoms with E-state index in [2.05, 4.69) is 11.1 Å². The fourth-order valence-electron chi connectivity index (χ4n) is 2.00. The average molecular weight is 237 g/mol. The van der Waals surface area contributed by atoms with Gasteiger partial charge in [-0.2, -0.15) is 5.26 Å². The third-order valence-electron chi connectivity index (χ3n) is 3.05. The fourth-order valence-corrected chi connectivity index (χ4v) is 2.00. The molecule has 2 aromatic rings. The maximum atomic E-state index is 9.48. The molecular formula is C15H15N3. The minimum Gasteiger partial charge on any atom is -0.399 e. The Morgan fingerprint density at radius 2 is 2.17 bits per heavy atom. The van der Waals surface area contributed by atoms with Gasteiger partial charge in [-0.05, 0) is 42.7 Å². The van der Waals surface area contributed by atoms with E-state index in [1.54, 1.807) is 12.4 Å². The van der Waals surface area contributed by atoms with E-state index in [9.17, 15) is 5.26 Å². The molecule has 3 heteroatoms. The number of aromatic nitrogens is 1. The first-order chi connectivity index (χ1) is 8.64. The molecular weight excluding hydrogens is 222 g/mol. The number of nitriles is 1. The standard InChI is InChI=1S/C15H15N3/c1-15(11-16,9-12-4-3-7-18-10-12)13-5-2-6-14(17)8-13/h2-8,10H,9,17H2,1H3. The molecule has 90 valence electrons. The van der Waals surface area contributed by atoms with Crippen LogP contribution in [0.2, 0.25) is 0 Å². The highest BCUT2D eigenvalue weighted by molar-refractivity contribution is 5.46. The van der Waals surface area contributed by atoms with Gasteiger partial charge in [-0.25, -0.2) is 0 Å². The number of nitrogens with zero attached hydrogens (tertiary/aromatic N) is 2. The van der Waals surface area contributed by atoms with E-state index in [-0.39, 0.29) is 0 Å². The second kappa shape index (κ2) is 4.89. The lowest BCUT2D eigenvalue weighted by Gasteiger charge is -2.22. The molecule has 1 aromatic heterocycles. The molecule has 2 rings (SSSR count). The van der Waals surface area contributed by atoms with Gasteiger partial charge in [0.1, 0.15) is 0 Å². The van der Waals surface area contributed by atoms with Gasteiger partial charge in [0.25, 0.3) is 0 Å². The molecule has 0 spiro atoms. The maximum absolute atomic E-state index is 9.48. The molecule has 0 bridgehead atoms. The Bertz CT molecular complexity index is 572. The molecule has 0 saturated heterocycles. The molecule has 1 atom stereocenters. The van der Waals surface area contributed by atoms with Crippen molar-refractivity contribution in [3.63, 3.8) is 0 Å². The van der Waals surface area contributed by atoms with Crippen molar-refractivity contribution in [1.29, 1.82) is 5.26 Å². The Labute approximate surface area is 107 Å². The van der Waals surface area contributed by atoms with Crippen molar-refractivity contribution in [3.8, 4) is 6.07 Å². The normalized spacial score (nSPS) is 13.6. The van der Waals surface area contributed by atoms with Crippen LogP contribution in [0, 0.1) is 11.3 Å². The van der Waals surface area contributed by atoms with Crippen LogP contribution in [0.5, 0.6) is 0 Å². The van der Waals surface area contributed by atoms with Crippen molar-refractivity contribution in [3.05, 3.63) is 59.9 Å². The lowest BCUT2D eigenvalue weighted by Crippen LogP contribution is -2.23. The monoisotopic (exact) mass is 237 g/mol. The maximum Gasteiger partial charge on any atom is 0.0835 e. The van der Waals surface area contributed by atoms with Crippen LogP contribution in [0.25, 0.3) is 0 Å². The molecule has 0 aliphatic carbocycles. The fraction of sp³-hybridized carbons (Fsp3) is 0.200. The van der Waals surface area contributed by atoms with E-state index < -0.39 is 5.41 Å². The molecule has 0 fully saturated rings. The number of anilines is 1. The summed E-state index contributed by atoms with van der Waals surface area (Å²) in [4.78, 5) is 4.08. The molecule has 1 unspecified atom stereocenters. The molecule has 0 saturated carbocycles. The molecule has 0 amide bonds. The number of hydrogen-bond acceptors (Lipinski definition) is 3. The highest BCUT2D eigenvalue weighted by Gasteiger charge is 2.27. The zero-order valence-electron chi connectivity index (χ0n) is 10.3. The summed E-state index contributed by atoms with van der Waals surface area (Å²) in [5.41, 5.74) is 7.86. The summed E-state index contributed by atoms with van der Waals surface area (Å²) in [7, 11) is 0. The van der Waals surface area contributed by atoms with Gasteiger partial charge in [0.15, 0.2) is 0 Å². The van der Waals surface area contributed by atoms with E-state index in [4.69, 9.17) is 5.73 Å². The van der Waals surface area contributed by atoms with Crippen molar-refractivity contribution in [2.24, 2.45) is 0 Å². The van der Waals surface area contributed by atoms with Gasteiger partial charge in [-0.3, -0.25) is 4.98 Å². The summed E-state index contributed by atoms with van der Waals surface area (Å²) in [6.07, 6.45) is 4.15. The van der Waals surface area contributed by atoms with Crippen LogP contribution in [-0.2, 0) is 11.8 Å². The Balaban J connectivity index is 2.35. The molecule has 1 heterocycles. The van der Waals surface area contributed by atoms with Gasteiger partial charge in [0.05, 0.1) is 11.5 Å².